The molecule has 1 N–H and O–H groups in total. The Bertz CT molecular complexity index is 1450. The van der Waals surface area contributed by atoms with Crippen molar-refractivity contribution in [3.05, 3.63) is 94.6 Å². The summed E-state index contributed by atoms with van der Waals surface area (Å²) < 4.78 is 15.6. The first-order valence-corrected chi connectivity index (χ1v) is 12.3. The standard InChI is InChI=1S/C31H31NO7/c1-31(2,3)23-17-20(11-16-24(23)38-5)27(33)25-26(18-9-14-22(37-4)15-10-18)32(29(35)28(25)34)21-12-7-19(8-13-21)30(36)39-6/h7-17,26,33H,1-6H3/b27-25-. The first-order valence-electron chi connectivity index (χ1n) is 12.3. The molecular weight excluding hydrogens is 498 g/mol. The largest absolute Gasteiger partial charge is 0.507 e. The fraction of sp³-hybridized carbons (Fsp3) is 0.258. The quantitative estimate of drug-likeness (QED) is 0.197. The van der Waals surface area contributed by atoms with E-state index < -0.39 is 23.7 Å². The third-order valence-corrected chi connectivity index (χ3v) is 6.72. The Hall–Kier alpha value is -4.59. The van der Waals surface area contributed by atoms with Crippen LogP contribution in [0.25, 0.3) is 5.76 Å². The second kappa shape index (κ2) is 10.6. The first kappa shape index (κ1) is 27.4. The normalized spacial score (nSPS) is 16.8. The van der Waals surface area contributed by atoms with Crippen molar-refractivity contribution >= 4 is 29.1 Å². The molecule has 1 heterocycles. The van der Waals surface area contributed by atoms with Crippen LogP contribution >= 0.6 is 0 Å². The van der Waals surface area contributed by atoms with Crippen LogP contribution in [-0.4, -0.2) is 44.1 Å². The number of carbonyl (C=O) groups is 3. The smallest absolute Gasteiger partial charge is 0.337 e. The van der Waals surface area contributed by atoms with Gasteiger partial charge >= 0.3 is 5.97 Å². The van der Waals surface area contributed by atoms with E-state index in [-0.39, 0.29) is 16.7 Å². The number of rotatable bonds is 6. The summed E-state index contributed by atoms with van der Waals surface area (Å²) in [6, 6.07) is 17.3. The predicted molar refractivity (Wildman–Crippen MR) is 147 cm³/mol. The highest BCUT2D eigenvalue weighted by molar-refractivity contribution is 6.51. The summed E-state index contributed by atoms with van der Waals surface area (Å²) in [6.07, 6.45) is 0. The van der Waals surface area contributed by atoms with Gasteiger partial charge in [-0.1, -0.05) is 32.9 Å². The maximum absolute atomic E-state index is 13.5. The highest BCUT2D eigenvalue weighted by atomic mass is 16.5. The van der Waals surface area contributed by atoms with Crippen LogP contribution in [0.5, 0.6) is 11.5 Å². The lowest BCUT2D eigenvalue weighted by atomic mass is 9.84. The third kappa shape index (κ3) is 5.10. The summed E-state index contributed by atoms with van der Waals surface area (Å²) in [5.74, 6) is -1.19. The molecule has 3 aromatic rings. The van der Waals surface area contributed by atoms with Gasteiger partial charge in [-0.3, -0.25) is 14.5 Å². The molecule has 0 spiro atoms. The predicted octanol–water partition coefficient (Wildman–Crippen LogP) is 5.41. The van der Waals surface area contributed by atoms with Crippen LogP contribution in [-0.2, 0) is 19.7 Å². The number of carbonyl (C=O) groups excluding carboxylic acids is 3. The molecule has 1 fully saturated rings. The van der Waals surface area contributed by atoms with E-state index in [9.17, 15) is 19.5 Å². The summed E-state index contributed by atoms with van der Waals surface area (Å²) in [7, 11) is 4.40. The van der Waals surface area contributed by atoms with Gasteiger partial charge in [0, 0.05) is 16.8 Å². The average molecular weight is 530 g/mol. The van der Waals surface area contributed by atoms with Crippen LogP contribution in [0.1, 0.15) is 53.9 Å². The second-order valence-electron chi connectivity index (χ2n) is 10.1. The molecular formula is C31H31NO7. The number of nitrogens with zero attached hydrogens (tertiary/aromatic N) is 1. The van der Waals surface area contributed by atoms with Gasteiger partial charge in [-0.2, -0.15) is 0 Å². The van der Waals surface area contributed by atoms with Crippen LogP contribution in [0.15, 0.2) is 72.3 Å². The summed E-state index contributed by atoms with van der Waals surface area (Å²) in [6.45, 7) is 6.05. The monoisotopic (exact) mass is 529 g/mol. The van der Waals surface area contributed by atoms with Gasteiger partial charge in [0.2, 0.25) is 0 Å². The third-order valence-electron chi connectivity index (χ3n) is 6.72. The molecule has 4 rings (SSSR count). The van der Waals surface area contributed by atoms with E-state index >= 15 is 0 Å². The Labute approximate surface area is 227 Å². The van der Waals surface area contributed by atoms with Gasteiger partial charge < -0.3 is 19.3 Å². The Morgan fingerprint density at radius 1 is 0.846 bits per heavy atom. The summed E-state index contributed by atoms with van der Waals surface area (Å²) in [5, 5.41) is 11.6. The minimum atomic E-state index is -0.930. The van der Waals surface area contributed by atoms with E-state index in [0.717, 1.165) is 5.56 Å². The van der Waals surface area contributed by atoms with E-state index in [2.05, 4.69) is 0 Å². The lowest BCUT2D eigenvalue weighted by molar-refractivity contribution is -0.132. The number of ether oxygens (including phenoxy) is 3. The molecule has 8 nitrogen and oxygen atoms in total. The highest BCUT2D eigenvalue weighted by Gasteiger charge is 2.47. The van der Waals surface area contributed by atoms with E-state index in [1.165, 1.54) is 24.1 Å². The molecule has 0 saturated carbocycles. The van der Waals surface area contributed by atoms with Crippen molar-refractivity contribution in [3.63, 3.8) is 0 Å². The zero-order chi connectivity index (χ0) is 28.5. The van der Waals surface area contributed by atoms with Gasteiger partial charge in [0.05, 0.1) is 38.5 Å². The number of benzene rings is 3. The Balaban J connectivity index is 1.92. The maximum atomic E-state index is 13.5. The van der Waals surface area contributed by atoms with Gasteiger partial charge in [-0.15, -0.1) is 0 Å². The fourth-order valence-electron chi connectivity index (χ4n) is 4.67. The summed E-state index contributed by atoms with van der Waals surface area (Å²) in [5.41, 5.74) is 2.14. The van der Waals surface area contributed by atoms with Crippen LogP contribution in [0.2, 0.25) is 0 Å². The number of aliphatic hydroxyl groups is 1. The van der Waals surface area contributed by atoms with Crippen LogP contribution in [0.4, 0.5) is 5.69 Å². The number of methoxy groups -OCH3 is 3. The Morgan fingerprint density at radius 3 is 2.00 bits per heavy atom. The minimum Gasteiger partial charge on any atom is -0.507 e. The summed E-state index contributed by atoms with van der Waals surface area (Å²) >= 11 is 0. The molecule has 202 valence electrons. The molecule has 0 aliphatic carbocycles. The van der Waals surface area contributed by atoms with E-state index in [1.807, 2.05) is 20.8 Å². The Kier molecular flexibility index (Phi) is 7.49. The molecule has 1 saturated heterocycles. The minimum absolute atomic E-state index is 0.0489. The number of Topliss-reactive ketones (excluding diaryl/α,β-unsaturated/α-hetero) is 1. The number of anilines is 1. The van der Waals surface area contributed by atoms with Crippen LogP contribution in [0.3, 0.4) is 0 Å². The topological polar surface area (TPSA) is 102 Å². The maximum Gasteiger partial charge on any atom is 0.337 e. The number of aliphatic hydroxyl groups excluding tert-OH is 1. The second-order valence-corrected chi connectivity index (χ2v) is 10.1. The van der Waals surface area contributed by atoms with E-state index in [0.29, 0.717) is 33.9 Å². The molecule has 1 aliphatic heterocycles. The van der Waals surface area contributed by atoms with Crippen molar-refractivity contribution in [2.24, 2.45) is 0 Å². The Morgan fingerprint density at radius 2 is 1.46 bits per heavy atom. The van der Waals surface area contributed by atoms with Crippen molar-refractivity contribution in [1.29, 1.82) is 0 Å². The zero-order valence-electron chi connectivity index (χ0n) is 22.8. The average Bonchev–Trinajstić information content (AvgIpc) is 3.21. The molecule has 39 heavy (non-hydrogen) atoms. The van der Waals surface area contributed by atoms with E-state index in [4.69, 9.17) is 14.2 Å². The van der Waals surface area contributed by atoms with Gasteiger partial charge in [0.15, 0.2) is 0 Å². The molecule has 0 radical (unpaired) electrons. The highest BCUT2D eigenvalue weighted by Crippen LogP contribution is 2.43. The molecule has 8 heteroatoms. The van der Waals surface area contributed by atoms with Crippen LogP contribution < -0.4 is 14.4 Å². The van der Waals surface area contributed by atoms with Crippen molar-refractivity contribution in [2.45, 2.75) is 32.2 Å². The number of amides is 1. The van der Waals surface area contributed by atoms with Crippen LogP contribution in [0, 0.1) is 0 Å². The van der Waals surface area contributed by atoms with Gasteiger partial charge in [0.25, 0.3) is 11.7 Å². The van der Waals surface area contributed by atoms with Gasteiger partial charge in [-0.25, -0.2) is 4.79 Å². The molecule has 0 bridgehead atoms. The van der Waals surface area contributed by atoms with E-state index in [1.54, 1.807) is 68.8 Å². The molecule has 1 amide bonds. The molecule has 1 atom stereocenters. The lowest BCUT2D eigenvalue weighted by Crippen LogP contribution is -2.29. The number of hydrogen-bond donors (Lipinski definition) is 1. The SMILES string of the molecule is COC(=O)c1ccc(N2C(=O)C(=O)/C(=C(\O)c3ccc(OC)c(C(C)(C)C)c3)C2c2ccc(OC)cc2)cc1. The number of hydrogen-bond acceptors (Lipinski definition) is 7. The fourth-order valence-corrected chi connectivity index (χ4v) is 4.67. The molecule has 1 unspecified atom stereocenters. The first-order chi connectivity index (χ1) is 18.5. The summed E-state index contributed by atoms with van der Waals surface area (Å²) in [4.78, 5) is 40.2. The van der Waals surface area contributed by atoms with Crippen molar-refractivity contribution < 1.29 is 33.7 Å². The van der Waals surface area contributed by atoms with Gasteiger partial charge in [0.1, 0.15) is 17.3 Å². The van der Waals surface area contributed by atoms with Crippen molar-refractivity contribution in [1.82, 2.24) is 0 Å². The van der Waals surface area contributed by atoms with Crippen molar-refractivity contribution in [3.8, 4) is 11.5 Å². The molecule has 3 aromatic carbocycles. The molecule has 1 aliphatic rings. The molecule has 0 aromatic heterocycles. The lowest BCUT2D eigenvalue weighted by Gasteiger charge is -2.26. The number of esters is 1. The zero-order valence-corrected chi connectivity index (χ0v) is 22.8. The van der Waals surface area contributed by atoms with Crippen molar-refractivity contribution in [2.75, 3.05) is 26.2 Å². The van der Waals surface area contributed by atoms with Gasteiger partial charge in [-0.05, 0) is 65.6 Å². The number of ketones is 1.